The van der Waals surface area contributed by atoms with Gasteiger partial charge in [-0.3, -0.25) is 4.79 Å². The molecule has 3 rings (SSSR count). The van der Waals surface area contributed by atoms with Gasteiger partial charge in [0.25, 0.3) is 5.91 Å². The van der Waals surface area contributed by atoms with E-state index in [0.29, 0.717) is 17.4 Å². The first-order valence-corrected chi connectivity index (χ1v) is 9.00. The summed E-state index contributed by atoms with van der Waals surface area (Å²) in [6.07, 6.45) is 3.06. The van der Waals surface area contributed by atoms with Crippen LogP contribution in [-0.2, 0) is 0 Å². The van der Waals surface area contributed by atoms with Crippen molar-refractivity contribution in [2.75, 3.05) is 10.6 Å². The van der Waals surface area contributed by atoms with Crippen LogP contribution in [0, 0.1) is 13.8 Å². The van der Waals surface area contributed by atoms with Crippen LogP contribution in [0.5, 0.6) is 0 Å². The minimum absolute atomic E-state index is 0.229. The molecule has 27 heavy (non-hydrogen) atoms. The highest BCUT2D eigenvalue weighted by molar-refractivity contribution is 6.03. The fourth-order valence-corrected chi connectivity index (χ4v) is 2.77. The lowest BCUT2D eigenvalue weighted by Crippen LogP contribution is -2.13. The third-order valence-electron chi connectivity index (χ3n) is 4.51. The van der Waals surface area contributed by atoms with Gasteiger partial charge >= 0.3 is 0 Å². The van der Waals surface area contributed by atoms with E-state index in [1.807, 2.05) is 50.2 Å². The normalized spacial score (nSPS) is 10.7. The second-order valence-corrected chi connectivity index (χ2v) is 6.92. The lowest BCUT2D eigenvalue weighted by atomic mass is 10.0. The maximum atomic E-state index is 12.4. The number of aryl methyl sites for hydroxylation is 2. The molecule has 0 unspecified atom stereocenters. The Balaban J connectivity index is 1.71. The van der Waals surface area contributed by atoms with E-state index in [1.54, 1.807) is 0 Å². The zero-order valence-corrected chi connectivity index (χ0v) is 16.1. The largest absolute Gasteiger partial charge is 0.324 e. The molecule has 0 fully saturated rings. The average Bonchev–Trinajstić information content (AvgIpc) is 2.65. The maximum absolute atomic E-state index is 12.4. The van der Waals surface area contributed by atoms with E-state index in [-0.39, 0.29) is 5.91 Å². The Morgan fingerprint density at radius 3 is 2.33 bits per heavy atom. The van der Waals surface area contributed by atoms with Crippen molar-refractivity contribution < 1.29 is 4.79 Å². The highest BCUT2D eigenvalue weighted by atomic mass is 16.1. The summed E-state index contributed by atoms with van der Waals surface area (Å²) in [6, 6.07) is 13.9. The number of hydrogen-bond donors (Lipinski definition) is 2. The van der Waals surface area contributed by atoms with Crippen molar-refractivity contribution in [3.8, 4) is 0 Å². The summed E-state index contributed by atoms with van der Waals surface area (Å²) in [6.45, 7) is 8.34. The molecule has 0 aliphatic carbocycles. The van der Waals surface area contributed by atoms with Crippen LogP contribution in [0.3, 0.4) is 0 Å². The van der Waals surface area contributed by atoms with Crippen molar-refractivity contribution in [3.63, 3.8) is 0 Å². The predicted octanol–water partition coefficient (Wildman–Crippen LogP) is 5.21. The van der Waals surface area contributed by atoms with E-state index in [4.69, 9.17) is 0 Å². The molecule has 0 saturated carbocycles. The van der Waals surface area contributed by atoms with Crippen molar-refractivity contribution >= 4 is 23.2 Å². The van der Waals surface area contributed by atoms with Gasteiger partial charge in [-0.15, -0.1) is 0 Å². The first-order valence-electron chi connectivity index (χ1n) is 9.00. The summed E-state index contributed by atoms with van der Waals surface area (Å²) < 4.78 is 0. The summed E-state index contributed by atoms with van der Waals surface area (Å²) in [5.74, 6) is 0.620. The Morgan fingerprint density at radius 1 is 0.963 bits per heavy atom. The monoisotopic (exact) mass is 360 g/mol. The maximum Gasteiger partial charge on any atom is 0.258 e. The quantitative estimate of drug-likeness (QED) is 0.655. The van der Waals surface area contributed by atoms with Gasteiger partial charge in [0.05, 0.1) is 5.56 Å². The average molecular weight is 360 g/mol. The van der Waals surface area contributed by atoms with Crippen LogP contribution in [0.1, 0.15) is 46.8 Å². The van der Waals surface area contributed by atoms with Gasteiger partial charge in [0.15, 0.2) is 0 Å². The zero-order chi connectivity index (χ0) is 19.4. The number of para-hydroxylation sites is 1. The third kappa shape index (κ3) is 4.50. The number of carbonyl (C=O) groups excluding carboxylic acids is 1. The van der Waals surface area contributed by atoms with Crippen LogP contribution in [0.15, 0.2) is 54.9 Å². The van der Waals surface area contributed by atoms with Crippen LogP contribution < -0.4 is 10.6 Å². The fourth-order valence-electron chi connectivity index (χ4n) is 2.77. The van der Waals surface area contributed by atoms with Gasteiger partial charge in [0, 0.05) is 23.8 Å². The molecule has 0 aliphatic heterocycles. The molecule has 1 heterocycles. The molecular formula is C22H24N4O. The van der Waals surface area contributed by atoms with Gasteiger partial charge in [-0.1, -0.05) is 38.1 Å². The van der Waals surface area contributed by atoms with Crippen LogP contribution in [0.4, 0.5) is 17.3 Å². The number of anilines is 3. The number of carbonyl (C=O) groups is 1. The summed E-state index contributed by atoms with van der Waals surface area (Å²) in [5.41, 5.74) is 5.66. The lowest BCUT2D eigenvalue weighted by molar-refractivity contribution is 0.102. The van der Waals surface area contributed by atoms with Crippen molar-refractivity contribution in [1.29, 1.82) is 0 Å². The van der Waals surface area contributed by atoms with Crippen molar-refractivity contribution in [2.45, 2.75) is 33.6 Å². The number of nitrogens with zero attached hydrogens (tertiary/aromatic N) is 2. The Kier molecular flexibility index (Phi) is 5.50. The Morgan fingerprint density at radius 2 is 1.67 bits per heavy atom. The topological polar surface area (TPSA) is 66.9 Å². The lowest BCUT2D eigenvalue weighted by Gasteiger charge is -2.13. The van der Waals surface area contributed by atoms with Gasteiger partial charge in [0.2, 0.25) is 5.95 Å². The van der Waals surface area contributed by atoms with Gasteiger partial charge in [0.1, 0.15) is 0 Å². The number of nitrogens with one attached hydrogen (secondary N) is 2. The molecule has 5 heteroatoms. The number of rotatable bonds is 5. The van der Waals surface area contributed by atoms with Crippen LogP contribution in [-0.4, -0.2) is 15.9 Å². The molecule has 2 aromatic carbocycles. The molecule has 0 spiro atoms. The first-order chi connectivity index (χ1) is 12.9. The number of amides is 1. The van der Waals surface area contributed by atoms with Crippen LogP contribution >= 0.6 is 0 Å². The zero-order valence-electron chi connectivity index (χ0n) is 16.1. The number of hydrogen-bond acceptors (Lipinski definition) is 4. The summed E-state index contributed by atoms with van der Waals surface area (Å²) in [5, 5.41) is 6.11. The molecule has 5 nitrogen and oxygen atoms in total. The predicted molar refractivity (Wildman–Crippen MR) is 110 cm³/mol. The smallest absolute Gasteiger partial charge is 0.258 e. The van der Waals surface area contributed by atoms with E-state index in [0.717, 1.165) is 16.9 Å². The van der Waals surface area contributed by atoms with E-state index >= 15 is 0 Å². The Bertz CT molecular complexity index is 949. The minimum atomic E-state index is -0.229. The first kappa shape index (κ1) is 18.6. The minimum Gasteiger partial charge on any atom is -0.324 e. The molecule has 1 amide bonds. The Labute approximate surface area is 159 Å². The molecule has 3 aromatic rings. The highest BCUT2D eigenvalue weighted by Crippen LogP contribution is 2.25. The van der Waals surface area contributed by atoms with Gasteiger partial charge < -0.3 is 10.6 Å². The van der Waals surface area contributed by atoms with E-state index in [9.17, 15) is 4.79 Å². The molecule has 138 valence electrons. The van der Waals surface area contributed by atoms with Crippen molar-refractivity contribution in [2.24, 2.45) is 0 Å². The highest BCUT2D eigenvalue weighted by Gasteiger charge is 2.10. The summed E-state index contributed by atoms with van der Waals surface area (Å²) in [7, 11) is 0. The number of benzene rings is 2. The standard InChI is InChI=1S/C22H24N4O/c1-14(2)19-7-5-6-8-20(19)26-22-23-12-17(13-24-22)21(27)25-18-10-9-15(3)16(4)11-18/h5-14H,1-4H3,(H,25,27)(H,23,24,26). The molecule has 0 radical (unpaired) electrons. The van der Waals surface area contributed by atoms with Crippen LogP contribution in [0.25, 0.3) is 0 Å². The van der Waals surface area contributed by atoms with E-state index in [2.05, 4.69) is 40.5 Å². The van der Waals surface area contributed by atoms with Gasteiger partial charge in [-0.2, -0.15) is 0 Å². The van der Waals surface area contributed by atoms with Gasteiger partial charge in [-0.05, 0) is 54.7 Å². The van der Waals surface area contributed by atoms with E-state index < -0.39 is 0 Å². The molecule has 0 aliphatic rings. The second kappa shape index (κ2) is 7.99. The van der Waals surface area contributed by atoms with Crippen LogP contribution in [0.2, 0.25) is 0 Å². The second-order valence-electron chi connectivity index (χ2n) is 6.92. The molecule has 1 aromatic heterocycles. The SMILES string of the molecule is Cc1ccc(NC(=O)c2cnc(Nc3ccccc3C(C)C)nc2)cc1C. The molecular weight excluding hydrogens is 336 g/mol. The summed E-state index contributed by atoms with van der Waals surface area (Å²) in [4.78, 5) is 21.0. The third-order valence-corrected chi connectivity index (χ3v) is 4.51. The van der Waals surface area contributed by atoms with Crippen molar-refractivity contribution in [3.05, 3.63) is 77.1 Å². The molecule has 0 atom stereocenters. The van der Waals surface area contributed by atoms with Gasteiger partial charge in [-0.25, -0.2) is 9.97 Å². The number of aromatic nitrogens is 2. The Hall–Kier alpha value is -3.21. The van der Waals surface area contributed by atoms with Crippen molar-refractivity contribution in [1.82, 2.24) is 9.97 Å². The molecule has 2 N–H and O–H groups in total. The molecule has 0 saturated heterocycles. The van der Waals surface area contributed by atoms with E-state index in [1.165, 1.54) is 23.5 Å². The summed E-state index contributed by atoms with van der Waals surface area (Å²) >= 11 is 0. The molecule has 0 bridgehead atoms. The fraction of sp³-hybridized carbons (Fsp3) is 0.227.